The van der Waals surface area contributed by atoms with Crippen molar-refractivity contribution < 1.29 is 4.39 Å². The van der Waals surface area contributed by atoms with Crippen molar-refractivity contribution in [3.8, 4) is 0 Å². The number of fused-ring (bicyclic) bond motifs is 1. The molecule has 0 spiro atoms. The molecular weight excluding hydrogens is 347 g/mol. The van der Waals surface area contributed by atoms with E-state index in [-0.39, 0.29) is 5.82 Å². The lowest BCUT2D eigenvalue weighted by atomic mass is 10.2. The fourth-order valence-corrected chi connectivity index (χ4v) is 3.62. The van der Waals surface area contributed by atoms with Crippen LogP contribution in [0.1, 0.15) is 11.3 Å². The number of hydrogen-bond donors (Lipinski definition) is 0. The van der Waals surface area contributed by atoms with Gasteiger partial charge in [-0.1, -0.05) is 18.2 Å². The summed E-state index contributed by atoms with van der Waals surface area (Å²) in [5, 5.41) is 3.07. The van der Waals surface area contributed by atoms with Crippen molar-refractivity contribution in [2.45, 2.75) is 13.0 Å². The van der Waals surface area contributed by atoms with Gasteiger partial charge in [0.25, 0.3) is 0 Å². The normalized spacial score (nSPS) is 11.0. The Balaban J connectivity index is 1.64. The lowest BCUT2D eigenvalue weighted by Gasteiger charge is -2.24. The second kappa shape index (κ2) is 7.58. The third-order valence-corrected chi connectivity index (χ3v) is 5.01. The molecule has 130 valence electrons. The van der Waals surface area contributed by atoms with Crippen LogP contribution in [0, 0.1) is 5.82 Å². The average Bonchev–Trinajstić information content (AvgIpc) is 3.16. The Morgan fingerprint density at radius 2 is 1.85 bits per heavy atom. The van der Waals surface area contributed by atoms with Gasteiger partial charge in [-0.15, -0.1) is 11.3 Å². The third-order valence-electron chi connectivity index (χ3n) is 4.19. The zero-order valence-corrected chi connectivity index (χ0v) is 14.9. The summed E-state index contributed by atoms with van der Waals surface area (Å²) in [5.41, 5.74) is 2.07. The van der Waals surface area contributed by atoms with Gasteiger partial charge in [0.2, 0.25) is 0 Å². The number of benzene rings is 1. The first-order valence-corrected chi connectivity index (χ1v) is 9.25. The molecule has 0 aliphatic carbocycles. The molecule has 4 rings (SSSR count). The molecule has 0 atom stereocenters. The van der Waals surface area contributed by atoms with Gasteiger partial charge in [-0.05, 0) is 41.3 Å². The van der Waals surface area contributed by atoms with Gasteiger partial charge in [-0.25, -0.2) is 14.4 Å². The molecule has 0 saturated carbocycles. The SMILES string of the molecule is Fc1ccc(CN(CCc2ccccn2)c2ncnc3sccc23)cc1. The molecule has 0 aliphatic rings. The molecule has 0 N–H and O–H groups in total. The number of hydrogen-bond acceptors (Lipinski definition) is 5. The van der Waals surface area contributed by atoms with Gasteiger partial charge in [-0.2, -0.15) is 0 Å². The summed E-state index contributed by atoms with van der Waals surface area (Å²) < 4.78 is 13.2. The highest BCUT2D eigenvalue weighted by molar-refractivity contribution is 7.16. The molecule has 1 aromatic carbocycles. The van der Waals surface area contributed by atoms with Crippen molar-refractivity contribution in [1.29, 1.82) is 0 Å². The average molecular weight is 364 g/mol. The van der Waals surface area contributed by atoms with Crippen molar-refractivity contribution in [1.82, 2.24) is 15.0 Å². The maximum absolute atomic E-state index is 13.2. The summed E-state index contributed by atoms with van der Waals surface area (Å²) in [6, 6.07) is 14.6. The van der Waals surface area contributed by atoms with Crippen LogP contribution in [0.4, 0.5) is 10.2 Å². The van der Waals surface area contributed by atoms with Crippen LogP contribution in [0.3, 0.4) is 0 Å². The summed E-state index contributed by atoms with van der Waals surface area (Å²) in [5.74, 6) is 0.674. The van der Waals surface area contributed by atoms with Gasteiger partial charge >= 0.3 is 0 Å². The number of aromatic nitrogens is 3. The first kappa shape index (κ1) is 16.6. The molecule has 0 radical (unpaired) electrons. The molecule has 0 unspecified atom stereocenters. The molecule has 3 heterocycles. The van der Waals surface area contributed by atoms with Crippen molar-refractivity contribution in [3.63, 3.8) is 0 Å². The minimum Gasteiger partial charge on any atom is -0.351 e. The molecule has 0 saturated heterocycles. The van der Waals surface area contributed by atoms with E-state index < -0.39 is 0 Å². The summed E-state index contributed by atoms with van der Waals surface area (Å²) in [4.78, 5) is 16.5. The standard InChI is InChI=1S/C20H17FN4S/c21-16-6-4-15(5-7-16)13-25(11-8-17-3-1-2-10-22-17)19-18-9-12-26-20(18)24-14-23-19/h1-7,9-10,12,14H,8,11,13H2. The first-order valence-electron chi connectivity index (χ1n) is 8.37. The summed E-state index contributed by atoms with van der Waals surface area (Å²) in [7, 11) is 0. The maximum atomic E-state index is 13.2. The van der Waals surface area contributed by atoms with Crippen molar-refractivity contribution >= 4 is 27.4 Å². The molecule has 0 fully saturated rings. The van der Waals surface area contributed by atoms with E-state index in [1.165, 1.54) is 12.1 Å². The summed E-state index contributed by atoms with van der Waals surface area (Å²) in [6.45, 7) is 1.41. The van der Waals surface area contributed by atoms with E-state index in [2.05, 4.69) is 19.9 Å². The van der Waals surface area contributed by atoms with Gasteiger partial charge in [-0.3, -0.25) is 4.98 Å². The van der Waals surface area contributed by atoms with E-state index in [0.29, 0.717) is 6.54 Å². The fourth-order valence-electron chi connectivity index (χ4n) is 2.89. The van der Waals surface area contributed by atoms with Crippen LogP contribution < -0.4 is 4.90 Å². The van der Waals surface area contributed by atoms with E-state index in [4.69, 9.17) is 0 Å². The number of rotatable bonds is 6. The second-order valence-electron chi connectivity index (χ2n) is 5.96. The Morgan fingerprint density at radius 1 is 0.962 bits per heavy atom. The molecule has 0 amide bonds. The molecular formula is C20H17FN4S. The Hall–Kier alpha value is -2.86. The van der Waals surface area contributed by atoms with Crippen molar-refractivity contribution in [2.24, 2.45) is 0 Å². The van der Waals surface area contributed by atoms with Crippen molar-refractivity contribution in [3.05, 3.63) is 83.5 Å². The minimum atomic E-state index is -0.226. The van der Waals surface area contributed by atoms with E-state index in [1.807, 2.05) is 41.8 Å². The van der Waals surface area contributed by atoms with Gasteiger partial charge < -0.3 is 4.90 Å². The highest BCUT2D eigenvalue weighted by Crippen LogP contribution is 2.28. The predicted octanol–water partition coefficient (Wildman–Crippen LogP) is 4.47. The number of nitrogens with zero attached hydrogens (tertiary/aromatic N) is 4. The van der Waals surface area contributed by atoms with Gasteiger partial charge in [0, 0.05) is 31.4 Å². The monoisotopic (exact) mass is 364 g/mol. The minimum absolute atomic E-state index is 0.226. The van der Waals surface area contributed by atoms with Crippen LogP contribution in [-0.4, -0.2) is 21.5 Å². The zero-order valence-electron chi connectivity index (χ0n) is 14.0. The van der Waals surface area contributed by atoms with E-state index in [0.717, 1.165) is 40.3 Å². The third kappa shape index (κ3) is 3.70. The van der Waals surface area contributed by atoms with Crippen LogP contribution in [-0.2, 0) is 13.0 Å². The summed E-state index contributed by atoms with van der Waals surface area (Å²) >= 11 is 1.60. The van der Waals surface area contributed by atoms with E-state index in [1.54, 1.807) is 23.9 Å². The molecule has 3 aromatic heterocycles. The molecule has 4 nitrogen and oxygen atoms in total. The number of pyridine rings is 1. The highest BCUT2D eigenvalue weighted by Gasteiger charge is 2.14. The quantitative estimate of drug-likeness (QED) is 0.506. The fraction of sp³-hybridized carbons (Fsp3) is 0.150. The Morgan fingerprint density at radius 3 is 2.65 bits per heavy atom. The molecule has 4 aromatic rings. The molecule has 0 bridgehead atoms. The Labute approximate surface area is 155 Å². The maximum Gasteiger partial charge on any atom is 0.141 e. The van der Waals surface area contributed by atoms with E-state index in [9.17, 15) is 4.39 Å². The smallest absolute Gasteiger partial charge is 0.141 e. The van der Waals surface area contributed by atoms with Crippen LogP contribution in [0.5, 0.6) is 0 Å². The van der Waals surface area contributed by atoms with Gasteiger partial charge in [0.15, 0.2) is 0 Å². The topological polar surface area (TPSA) is 41.9 Å². The number of thiophene rings is 1. The first-order chi connectivity index (χ1) is 12.8. The lowest BCUT2D eigenvalue weighted by molar-refractivity contribution is 0.626. The predicted molar refractivity (Wildman–Crippen MR) is 103 cm³/mol. The molecule has 0 aliphatic heterocycles. The van der Waals surface area contributed by atoms with Crippen LogP contribution in [0.15, 0.2) is 66.4 Å². The number of anilines is 1. The number of halogens is 1. The van der Waals surface area contributed by atoms with Crippen LogP contribution >= 0.6 is 11.3 Å². The second-order valence-corrected chi connectivity index (χ2v) is 6.85. The Bertz CT molecular complexity index is 986. The molecule has 26 heavy (non-hydrogen) atoms. The Kier molecular flexibility index (Phi) is 4.84. The highest BCUT2D eigenvalue weighted by atomic mass is 32.1. The lowest BCUT2D eigenvalue weighted by Crippen LogP contribution is -2.26. The molecule has 6 heteroatoms. The summed E-state index contributed by atoms with van der Waals surface area (Å²) in [6.07, 6.45) is 4.21. The van der Waals surface area contributed by atoms with Crippen molar-refractivity contribution in [2.75, 3.05) is 11.4 Å². The van der Waals surface area contributed by atoms with Gasteiger partial charge in [0.1, 0.15) is 22.8 Å². The zero-order chi connectivity index (χ0) is 17.8. The van der Waals surface area contributed by atoms with E-state index >= 15 is 0 Å². The van der Waals surface area contributed by atoms with Gasteiger partial charge in [0.05, 0.1) is 5.39 Å². The largest absolute Gasteiger partial charge is 0.351 e. The van der Waals surface area contributed by atoms with Crippen LogP contribution in [0.2, 0.25) is 0 Å². The van der Waals surface area contributed by atoms with Crippen LogP contribution in [0.25, 0.3) is 10.2 Å².